The molecule has 0 aromatic rings. The fourth-order valence-corrected chi connectivity index (χ4v) is 8.78. The van der Waals surface area contributed by atoms with E-state index >= 15 is 0 Å². The molecule has 1 atom stereocenters. The molecule has 0 heterocycles. The Kier molecular flexibility index (Phi) is 67.8. The zero-order valence-electron chi connectivity index (χ0n) is 46.0. The van der Waals surface area contributed by atoms with E-state index in [2.05, 4.69) is 20.8 Å². The number of ether oxygens (including phenoxy) is 1. The van der Waals surface area contributed by atoms with Gasteiger partial charge in [0.05, 0.1) is 6.61 Å². The third kappa shape index (κ3) is 73.3. The molecule has 0 spiro atoms. The lowest BCUT2D eigenvalue weighted by Gasteiger charge is -2.08. The van der Waals surface area contributed by atoms with E-state index in [1.807, 2.05) is 0 Å². The van der Waals surface area contributed by atoms with Crippen molar-refractivity contribution in [1.29, 1.82) is 0 Å². The zero-order chi connectivity index (χ0) is 50.5. The third-order valence-corrected chi connectivity index (χ3v) is 13.4. The fourth-order valence-electron chi connectivity index (χ4n) is 8.78. The lowest BCUT2D eigenvalue weighted by atomic mass is 10.0. The average molecular weight is 970 g/mol. The number of aliphatic carboxylic acids is 2. The minimum atomic E-state index is -0.954. The molecule has 8 nitrogen and oxygen atoms in total. The van der Waals surface area contributed by atoms with Gasteiger partial charge >= 0.3 is 17.9 Å². The standard InChI is InChI=1S/C22H44O4.2C19H38O2/c1-2-3-4-5-6-7-8-9-10-11-12-13-14-15-16-17-18-22(25)26-20-21(24)19-23;2*1-2-3-4-5-6-7-8-9-10-11-12-13-14-15-16-17-18-19(20)21/h21,23-24H,2-20H2,1H3;2*2-18H2,1H3,(H,20,21). The van der Waals surface area contributed by atoms with Crippen LogP contribution in [0, 0.1) is 0 Å². The molecule has 4 N–H and O–H groups in total. The van der Waals surface area contributed by atoms with Crippen LogP contribution >= 0.6 is 0 Å². The highest BCUT2D eigenvalue weighted by Crippen LogP contribution is 2.17. The van der Waals surface area contributed by atoms with Crippen molar-refractivity contribution >= 4 is 17.9 Å². The van der Waals surface area contributed by atoms with Crippen molar-refractivity contribution in [3.8, 4) is 0 Å². The molecule has 0 aromatic carbocycles. The Morgan fingerprint density at radius 1 is 0.309 bits per heavy atom. The molecular weight excluding hydrogens is 849 g/mol. The first-order chi connectivity index (χ1) is 33.2. The van der Waals surface area contributed by atoms with E-state index in [1.54, 1.807) is 0 Å². The smallest absolute Gasteiger partial charge is 0.305 e. The van der Waals surface area contributed by atoms with Crippen molar-refractivity contribution in [2.24, 2.45) is 0 Å². The molecule has 0 radical (unpaired) electrons. The second-order valence-corrected chi connectivity index (χ2v) is 20.5. The van der Waals surface area contributed by atoms with Crippen LogP contribution in [0.2, 0.25) is 0 Å². The van der Waals surface area contributed by atoms with Crippen molar-refractivity contribution in [2.45, 2.75) is 354 Å². The molecule has 0 rings (SSSR count). The van der Waals surface area contributed by atoms with Crippen molar-refractivity contribution in [3.63, 3.8) is 0 Å². The first-order valence-electron chi connectivity index (χ1n) is 30.1. The van der Waals surface area contributed by atoms with Crippen LogP contribution in [0.25, 0.3) is 0 Å². The molecule has 1 unspecified atom stereocenters. The molecule has 0 aromatic heterocycles. The van der Waals surface area contributed by atoms with Crippen LogP contribution in [0.1, 0.15) is 348 Å². The van der Waals surface area contributed by atoms with Gasteiger partial charge in [-0.2, -0.15) is 0 Å². The number of hydrogen-bond acceptors (Lipinski definition) is 6. The number of unbranched alkanes of at least 4 members (excludes halogenated alkanes) is 45. The second-order valence-electron chi connectivity index (χ2n) is 20.5. The lowest BCUT2D eigenvalue weighted by molar-refractivity contribution is -0.147. The monoisotopic (exact) mass is 969 g/mol. The molecule has 0 amide bonds. The van der Waals surface area contributed by atoms with Crippen molar-refractivity contribution in [3.05, 3.63) is 0 Å². The highest BCUT2D eigenvalue weighted by molar-refractivity contribution is 5.69. The van der Waals surface area contributed by atoms with Crippen LogP contribution in [0.4, 0.5) is 0 Å². The molecule has 68 heavy (non-hydrogen) atoms. The molecule has 8 heteroatoms. The summed E-state index contributed by atoms with van der Waals surface area (Å²) in [5.74, 6) is -1.58. The highest BCUT2D eigenvalue weighted by Gasteiger charge is 2.07. The summed E-state index contributed by atoms with van der Waals surface area (Å²) in [4.78, 5) is 32.1. The van der Waals surface area contributed by atoms with Crippen molar-refractivity contribution < 1.29 is 39.5 Å². The summed E-state index contributed by atoms with van der Waals surface area (Å²) in [5, 5.41) is 34.8. The van der Waals surface area contributed by atoms with Gasteiger partial charge in [-0.15, -0.1) is 0 Å². The number of carbonyl (C=O) groups is 3. The molecule has 0 fully saturated rings. The van der Waals surface area contributed by atoms with Gasteiger partial charge in [-0.3, -0.25) is 14.4 Å². The number of rotatable bonds is 54. The normalized spacial score (nSPS) is 11.4. The van der Waals surface area contributed by atoms with Crippen LogP contribution in [-0.4, -0.2) is 57.7 Å². The molecule has 0 bridgehead atoms. The van der Waals surface area contributed by atoms with Gasteiger partial charge in [0.15, 0.2) is 0 Å². The van der Waals surface area contributed by atoms with Gasteiger partial charge in [-0.25, -0.2) is 0 Å². The Balaban J connectivity index is -0.000000940. The van der Waals surface area contributed by atoms with Gasteiger partial charge < -0.3 is 25.2 Å². The minimum Gasteiger partial charge on any atom is -0.481 e. The fraction of sp³-hybridized carbons (Fsp3) is 0.950. The van der Waals surface area contributed by atoms with E-state index < -0.39 is 18.0 Å². The largest absolute Gasteiger partial charge is 0.481 e. The summed E-state index contributed by atoms with van der Waals surface area (Å²) in [6, 6.07) is 0. The maximum atomic E-state index is 11.4. The third-order valence-electron chi connectivity index (χ3n) is 13.4. The molecule has 0 saturated carbocycles. The number of carboxylic acids is 2. The molecule has 0 aliphatic carbocycles. The van der Waals surface area contributed by atoms with Gasteiger partial charge in [-0.05, 0) is 19.3 Å². The van der Waals surface area contributed by atoms with Crippen molar-refractivity contribution in [2.75, 3.05) is 13.2 Å². The lowest BCUT2D eigenvalue weighted by Crippen LogP contribution is -2.21. The van der Waals surface area contributed by atoms with Gasteiger partial charge in [-0.1, -0.05) is 310 Å². The van der Waals surface area contributed by atoms with E-state index in [9.17, 15) is 14.4 Å². The van der Waals surface area contributed by atoms with Gasteiger partial charge in [0.1, 0.15) is 12.7 Å². The highest BCUT2D eigenvalue weighted by atomic mass is 16.5. The quantitative estimate of drug-likeness (QED) is 0.0349. The average Bonchev–Trinajstić information content (AvgIpc) is 3.33. The Morgan fingerprint density at radius 2 is 0.485 bits per heavy atom. The SMILES string of the molecule is CCCCCCCCCCCCCCCCCCC(=O)O.CCCCCCCCCCCCCCCCCCC(=O)O.CCCCCCCCCCCCCCCCCCC(=O)OCC(O)CO. The van der Waals surface area contributed by atoms with Crippen LogP contribution in [0.3, 0.4) is 0 Å². The van der Waals surface area contributed by atoms with Crippen LogP contribution in [0.15, 0.2) is 0 Å². The van der Waals surface area contributed by atoms with Gasteiger partial charge in [0, 0.05) is 19.3 Å². The molecular formula is C60H120O8. The predicted molar refractivity (Wildman–Crippen MR) is 292 cm³/mol. The van der Waals surface area contributed by atoms with Gasteiger partial charge in [0.25, 0.3) is 0 Å². The number of aliphatic hydroxyl groups is 2. The first kappa shape index (κ1) is 70.6. The number of hydrogen-bond donors (Lipinski definition) is 4. The topological polar surface area (TPSA) is 141 Å². The Labute approximate surface area is 423 Å². The van der Waals surface area contributed by atoms with Crippen LogP contribution < -0.4 is 0 Å². The number of carbonyl (C=O) groups excluding carboxylic acids is 1. The first-order valence-corrected chi connectivity index (χ1v) is 30.1. The van der Waals surface area contributed by atoms with E-state index in [-0.39, 0.29) is 19.2 Å². The minimum absolute atomic E-state index is 0.103. The Hall–Kier alpha value is -1.67. The van der Waals surface area contributed by atoms with E-state index in [0.29, 0.717) is 19.3 Å². The predicted octanol–water partition coefficient (Wildman–Crippen LogP) is 19.0. The van der Waals surface area contributed by atoms with E-state index in [0.717, 1.165) is 38.5 Å². The molecule has 0 aliphatic rings. The number of aliphatic hydroxyl groups excluding tert-OH is 2. The number of esters is 1. The molecule has 0 aliphatic heterocycles. The summed E-state index contributed by atoms with van der Waals surface area (Å²) in [7, 11) is 0. The summed E-state index contributed by atoms with van der Waals surface area (Å²) < 4.78 is 4.87. The molecule has 408 valence electrons. The van der Waals surface area contributed by atoms with Crippen molar-refractivity contribution in [1.82, 2.24) is 0 Å². The van der Waals surface area contributed by atoms with Gasteiger partial charge in [0.2, 0.25) is 0 Å². The Morgan fingerprint density at radius 3 is 0.662 bits per heavy atom. The van der Waals surface area contributed by atoms with E-state index in [4.69, 9.17) is 25.2 Å². The summed E-state index contributed by atoms with van der Waals surface area (Å²) >= 11 is 0. The zero-order valence-corrected chi connectivity index (χ0v) is 46.0. The maximum Gasteiger partial charge on any atom is 0.305 e. The maximum absolute atomic E-state index is 11.4. The summed E-state index contributed by atoms with van der Waals surface area (Å²) in [6.07, 6.45) is 63.8. The van der Waals surface area contributed by atoms with Crippen LogP contribution in [0.5, 0.6) is 0 Å². The number of carboxylic acid groups (broad SMARTS) is 2. The summed E-state index contributed by atoms with van der Waals surface area (Å²) in [6.45, 7) is 6.35. The van der Waals surface area contributed by atoms with Crippen LogP contribution in [-0.2, 0) is 19.1 Å². The Bertz CT molecular complexity index is 912. The summed E-state index contributed by atoms with van der Waals surface area (Å²) in [5.41, 5.74) is 0. The molecule has 0 saturated heterocycles. The second kappa shape index (κ2) is 65.3. The van der Waals surface area contributed by atoms with E-state index in [1.165, 1.54) is 270 Å².